The monoisotopic (exact) mass is 346 g/mol. The van der Waals surface area contributed by atoms with Crippen LogP contribution >= 0.6 is 15.9 Å². The van der Waals surface area contributed by atoms with Crippen molar-refractivity contribution < 1.29 is 14.6 Å². The minimum atomic E-state index is -0.0214. The van der Waals surface area contributed by atoms with Gasteiger partial charge in [0, 0.05) is 33.4 Å². The highest BCUT2D eigenvalue weighted by atomic mass is 79.9. The minimum absolute atomic E-state index is 0.0214. The number of aldehydes is 1. The number of carbonyl (C=O) groups is 1. The molecule has 0 aliphatic rings. The fourth-order valence-electron chi connectivity index (χ4n) is 2.06. The number of phenols is 1. The van der Waals surface area contributed by atoms with E-state index >= 15 is 0 Å². The molecule has 0 unspecified atom stereocenters. The van der Waals surface area contributed by atoms with E-state index in [-0.39, 0.29) is 18.1 Å². The number of halogens is 1. The minimum Gasteiger partial charge on any atom is -0.504 e. The molecule has 3 aromatic rings. The van der Waals surface area contributed by atoms with Gasteiger partial charge in [0.1, 0.15) is 12.3 Å². The van der Waals surface area contributed by atoms with Crippen LogP contribution in [0, 0.1) is 0 Å². The number of hydrogen-bond donors (Lipinski definition) is 2. The van der Waals surface area contributed by atoms with E-state index in [1.807, 2.05) is 18.3 Å². The van der Waals surface area contributed by atoms with E-state index in [1.54, 1.807) is 6.20 Å². The van der Waals surface area contributed by atoms with Crippen molar-refractivity contribution in [2.45, 2.75) is 6.61 Å². The van der Waals surface area contributed by atoms with Gasteiger partial charge in [0.15, 0.2) is 17.8 Å². The number of rotatable bonds is 4. The Morgan fingerprint density at radius 1 is 1.38 bits per heavy atom. The number of aromatic hydroxyl groups is 1. The molecule has 0 spiro atoms. The summed E-state index contributed by atoms with van der Waals surface area (Å²) in [5, 5.41) is 10.8. The number of carbonyl (C=O) groups excluding carboxylic acids is 1. The van der Waals surface area contributed by atoms with Gasteiger partial charge in [0.2, 0.25) is 0 Å². The second kappa shape index (κ2) is 5.57. The van der Waals surface area contributed by atoms with E-state index in [1.165, 1.54) is 12.1 Å². The average Bonchev–Trinajstić information content (AvgIpc) is 2.95. The number of ether oxygens (including phenoxy) is 1. The van der Waals surface area contributed by atoms with Gasteiger partial charge in [-0.3, -0.25) is 4.79 Å². The number of H-pyrrole nitrogens is 1. The zero-order valence-electron chi connectivity index (χ0n) is 10.8. The molecule has 2 heterocycles. The molecule has 0 saturated heterocycles. The molecule has 0 aliphatic heterocycles. The summed E-state index contributed by atoms with van der Waals surface area (Å²) >= 11 is 3.21. The summed E-state index contributed by atoms with van der Waals surface area (Å²) < 4.78 is 6.15. The van der Waals surface area contributed by atoms with Crippen LogP contribution in [0.25, 0.3) is 11.0 Å². The van der Waals surface area contributed by atoms with Crippen LogP contribution in [0.5, 0.6) is 11.5 Å². The molecule has 106 valence electrons. The Morgan fingerprint density at radius 3 is 3.05 bits per heavy atom. The summed E-state index contributed by atoms with van der Waals surface area (Å²) in [6.45, 7) is 0.268. The van der Waals surface area contributed by atoms with Crippen molar-refractivity contribution in [1.82, 2.24) is 9.97 Å². The third kappa shape index (κ3) is 2.62. The number of nitrogens with zero attached hydrogens (tertiary/aromatic N) is 1. The normalized spacial score (nSPS) is 10.7. The predicted octanol–water partition coefficient (Wildman–Crippen LogP) is 3.42. The number of aromatic nitrogens is 2. The van der Waals surface area contributed by atoms with Crippen LogP contribution in [0.2, 0.25) is 0 Å². The Bertz CT molecular complexity index is 814. The largest absolute Gasteiger partial charge is 0.504 e. The van der Waals surface area contributed by atoms with E-state index in [9.17, 15) is 9.90 Å². The molecule has 21 heavy (non-hydrogen) atoms. The quantitative estimate of drug-likeness (QED) is 0.709. The number of aromatic amines is 1. The number of nitrogens with one attached hydrogen (secondary N) is 1. The van der Waals surface area contributed by atoms with Crippen LogP contribution in [0.4, 0.5) is 0 Å². The Hall–Kier alpha value is -2.34. The molecule has 5 nitrogen and oxygen atoms in total. The summed E-state index contributed by atoms with van der Waals surface area (Å²) in [6.07, 6.45) is 4.20. The van der Waals surface area contributed by atoms with Crippen LogP contribution in [-0.4, -0.2) is 21.4 Å². The zero-order valence-corrected chi connectivity index (χ0v) is 12.4. The lowest BCUT2D eigenvalue weighted by Crippen LogP contribution is -1.98. The van der Waals surface area contributed by atoms with Gasteiger partial charge in [-0.2, -0.15) is 0 Å². The second-order valence-electron chi connectivity index (χ2n) is 4.46. The molecule has 2 aromatic heterocycles. The first-order chi connectivity index (χ1) is 10.2. The predicted molar refractivity (Wildman–Crippen MR) is 81.6 cm³/mol. The molecule has 0 aliphatic carbocycles. The Labute approximate surface area is 128 Å². The lowest BCUT2D eigenvalue weighted by atomic mass is 10.2. The van der Waals surface area contributed by atoms with Gasteiger partial charge in [-0.15, -0.1) is 0 Å². The van der Waals surface area contributed by atoms with E-state index in [0.717, 1.165) is 16.6 Å². The molecule has 0 saturated carbocycles. The van der Waals surface area contributed by atoms with Gasteiger partial charge in [0.05, 0.1) is 0 Å². The smallest absolute Gasteiger partial charge is 0.162 e. The molecule has 0 radical (unpaired) electrons. The Morgan fingerprint density at radius 2 is 2.24 bits per heavy atom. The van der Waals surface area contributed by atoms with Crippen molar-refractivity contribution in [2.75, 3.05) is 0 Å². The maximum Gasteiger partial charge on any atom is 0.162 e. The van der Waals surface area contributed by atoms with Crippen LogP contribution < -0.4 is 4.74 Å². The van der Waals surface area contributed by atoms with Gasteiger partial charge < -0.3 is 14.8 Å². The fraction of sp³-hybridized carbons (Fsp3) is 0.0667. The highest BCUT2D eigenvalue weighted by molar-refractivity contribution is 9.10. The van der Waals surface area contributed by atoms with Crippen LogP contribution in [0.15, 0.2) is 41.1 Å². The topological polar surface area (TPSA) is 75.2 Å². The van der Waals surface area contributed by atoms with Gasteiger partial charge in [-0.25, -0.2) is 4.98 Å². The molecule has 0 fully saturated rings. The third-order valence-corrected chi connectivity index (χ3v) is 3.83. The first-order valence-electron chi connectivity index (χ1n) is 6.20. The number of benzene rings is 1. The standard InChI is InChI=1S/C15H11BrN2O3/c16-12-6-13(20)14(5-10(12)7-19)21-8-9-1-3-17-15-11(9)2-4-18-15/h1-7,20H,8H2,(H,17,18). The fourth-order valence-corrected chi connectivity index (χ4v) is 2.49. The average molecular weight is 347 g/mol. The van der Waals surface area contributed by atoms with E-state index in [4.69, 9.17) is 4.74 Å². The first-order valence-corrected chi connectivity index (χ1v) is 7.00. The number of fused-ring (bicyclic) bond motifs is 1. The molecule has 6 heteroatoms. The van der Waals surface area contributed by atoms with Gasteiger partial charge in [-0.1, -0.05) is 0 Å². The second-order valence-corrected chi connectivity index (χ2v) is 5.31. The van der Waals surface area contributed by atoms with Crippen LogP contribution in [0.3, 0.4) is 0 Å². The summed E-state index contributed by atoms with van der Waals surface area (Å²) in [5.41, 5.74) is 2.14. The van der Waals surface area contributed by atoms with Gasteiger partial charge in [0.25, 0.3) is 0 Å². The lowest BCUT2D eigenvalue weighted by molar-refractivity contribution is 0.112. The number of pyridine rings is 1. The Kier molecular flexibility index (Phi) is 3.62. The molecular formula is C15H11BrN2O3. The van der Waals surface area contributed by atoms with Crippen molar-refractivity contribution in [1.29, 1.82) is 0 Å². The molecular weight excluding hydrogens is 336 g/mol. The molecule has 3 rings (SSSR count). The van der Waals surface area contributed by atoms with Crippen molar-refractivity contribution >= 4 is 33.2 Å². The highest BCUT2D eigenvalue weighted by Crippen LogP contribution is 2.32. The van der Waals surface area contributed by atoms with E-state index in [2.05, 4.69) is 25.9 Å². The lowest BCUT2D eigenvalue weighted by Gasteiger charge is -2.10. The summed E-state index contributed by atoms with van der Waals surface area (Å²) in [5.74, 6) is 0.243. The number of phenolic OH excluding ortho intramolecular Hbond substituents is 1. The summed E-state index contributed by atoms with van der Waals surface area (Å²) in [7, 11) is 0. The van der Waals surface area contributed by atoms with E-state index in [0.29, 0.717) is 16.3 Å². The summed E-state index contributed by atoms with van der Waals surface area (Å²) in [6, 6.07) is 6.71. The van der Waals surface area contributed by atoms with Gasteiger partial charge >= 0.3 is 0 Å². The van der Waals surface area contributed by atoms with Gasteiger partial charge in [-0.05, 0) is 40.2 Å². The van der Waals surface area contributed by atoms with Crippen molar-refractivity contribution in [3.63, 3.8) is 0 Å². The Balaban J connectivity index is 1.88. The molecule has 2 N–H and O–H groups in total. The third-order valence-electron chi connectivity index (χ3n) is 3.14. The van der Waals surface area contributed by atoms with Crippen molar-refractivity contribution in [2.24, 2.45) is 0 Å². The maximum atomic E-state index is 10.9. The van der Waals surface area contributed by atoms with Crippen LogP contribution in [0.1, 0.15) is 15.9 Å². The molecule has 0 bridgehead atoms. The maximum absolute atomic E-state index is 10.9. The molecule has 0 atom stereocenters. The first kappa shape index (κ1) is 13.6. The van der Waals surface area contributed by atoms with Crippen LogP contribution in [-0.2, 0) is 6.61 Å². The summed E-state index contributed by atoms with van der Waals surface area (Å²) in [4.78, 5) is 18.2. The SMILES string of the molecule is O=Cc1cc(OCc2ccnc3[nH]ccc23)c(O)cc1Br. The van der Waals surface area contributed by atoms with Crippen molar-refractivity contribution in [3.8, 4) is 11.5 Å². The highest BCUT2D eigenvalue weighted by Gasteiger charge is 2.10. The molecule has 0 amide bonds. The zero-order chi connectivity index (χ0) is 14.8. The number of hydrogen-bond acceptors (Lipinski definition) is 4. The van der Waals surface area contributed by atoms with E-state index < -0.39 is 0 Å². The molecule has 1 aromatic carbocycles. The van der Waals surface area contributed by atoms with Crippen molar-refractivity contribution in [3.05, 3.63) is 52.3 Å².